The molecule has 0 aromatic carbocycles. The molecule has 0 aliphatic carbocycles. The summed E-state index contributed by atoms with van der Waals surface area (Å²) in [5, 5.41) is 32.4. The molecule has 4 N–H and O–H groups in total. The molecule has 1 rings (SSSR count). The van der Waals surface area contributed by atoms with Gasteiger partial charge in [0.1, 0.15) is 18.3 Å². The molecule has 1 heterocycles. The van der Waals surface area contributed by atoms with Crippen LogP contribution in [0.2, 0.25) is 0 Å². The molecule has 1 aliphatic heterocycles. The van der Waals surface area contributed by atoms with Crippen LogP contribution < -0.4 is 5.32 Å². The third-order valence-electron chi connectivity index (χ3n) is 4.22. The van der Waals surface area contributed by atoms with E-state index in [0.717, 1.165) is 6.54 Å². The Bertz CT molecular complexity index is 265. The summed E-state index contributed by atoms with van der Waals surface area (Å²) in [5.74, 6) is 0. The van der Waals surface area contributed by atoms with E-state index in [-0.39, 0.29) is 12.6 Å². The molecule has 1 aliphatic rings. The number of aliphatic hydroxyl groups is 3. The number of rotatable bonds is 10. The second kappa shape index (κ2) is 10.5. The van der Waals surface area contributed by atoms with Crippen LogP contribution in [-0.2, 0) is 4.74 Å². The molecule has 0 aromatic heterocycles. The van der Waals surface area contributed by atoms with Gasteiger partial charge < -0.3 is 25.4 Å². The highest BCUT2D eigenvalue weighted by molar-refractivity contribution is 4.88. The van der Waals surface area contributed by atoms with Crippen LogP contribution in [-0.4, -0.2) is 58.9 Å². The Labute approximate surface area is 128 Å². The molecule has 0 aromatic rings. The van der Waals surface area contributed by atoms with Crippen molar-refractivity contribution in [2.24, 2.45) is 0 Å². The van der Waals surface area contributed by atoms with Crippen molar-refractivity contribution in [3.05, 3.63) is 0 Å². The molecule has 5 nitrogen and oxygen atoms in total. The fraction of sp³-hybridized carbons (Fsp3) is 1.00. The van der Waals surface area contributed by atoms with E-state index in [4.69, 9.17) is 4.74 Å². The van der Waals surface area contributed by atoms with Crippen molar-refractivity contribution in [3.8, 4) is 0 Å². The van der Waals surface area contributed by atoms with E-state index in [1.165, 1.54) is 38.5 Å². The standard InChI is InChI=1S/C16H33NO4/c1-3-4-5-6-7-8-9-17-12(2)10-14-16(20)15(19)13(18)11-21-14/h12-20H,3-11H2,1-2H3/t12?,13-,14?,15+,16+/m1/s1. The monoisotopic (exact) mass is 303 g/mol. The first-order valence-corrected chi connectivity index (χ1v) is 8.45. The maximum Gasteiger partial charge on any atom is 0.111 e. The van der Waals surface area contributed by atoms with Gasteiger partial charge in [-0.05, 0) is 26.3 Å². The quantitative estimate of drug-likeness (QED) is 0.456. The van der Waals surface area contributed by atoms with E-state index >= 15 is 0 Å². The zero-order valence-electron chi connectivity index (χ0n) is 13.5. The first-order valence-electron chi connectivity index (χ1n) is 8.45. The lowest BCUT2D eigenvalue weighted by molar-refractivity contribution is -0.189. The minimum atomic E-state index is -1.10. The van der Waals surface area contributed by atoms with Crippen LogP contribution in [0.15, 0.2) is 0 Å². The summed E-state index contributed by atoms with van der Waals surface area (Å²) in [5.41, 5.74) is 0. The van der Waals surface area contributed by atoms with Crippen LogP contribution >= 0.6 is 0 Å². The SMILES string of the molecule is CCCCCCCCNC(C)CC1OC[C@@H](O)[C@H](O)[C@H]1O. The Morgan fingerprint density at radius 1 is 1.05 bits per heavy atom. The number of aliphatic hydroxyl groups excluding tert-OH is 3. The van der Waals surface area contributed by atoms with Crippen molar-refractivity contribution >= 4 is 0 Å². The van der Waals surface area contributed by atoms with Crippen LogP contribution in [0.4, 0.5) is 0 Å². The van der Waals surface area contributed by atoms with Gasteiger partial charge in [-0.15, -0.1) is 0 Å². The fourth-order valence-corrected chi connectivity index (χ4v) is 2.76. The van der Waals surface area contributed by atoms with Gasteiger partial charge in [0.15, 0.2) is 0 Å². The van der Waals surface area contributed by atoms with Crippen LogP contribution in [0.3, 0.4) is 0 Å². The van der Waals surface area contributed by atoms with Gasteiger partial charge in [0.2, 0.25) is 0 Å². The summed E-state index contributed by atoms with van der Waals surface area (Å²) in [6, 6.07) is 0.225. The van der Waals surface area contributed by atoms with Crippen LogP contribution in [0, 0.1) is 0 Å². The van der Waals surface area contributed by atoms with Crippen molar-refractivity contribution in [2.45, 2.75) is 89.3 Å². The number of hydrogen-bond acceptors (Lipinski definition) is 5. The van der Waals surface area contributed by atoms with Crippen LogP contribution in [0.25, 0.3) is 0 Å². The van der Waals surface area contributed by atoms with Crippen molar-refractivity contribution in [1.82, 2.24) is 5.32 Å². The third-order valence-corrected chi connectivity index (χ3v) is 4.22. The zero-order chi connectivity index (χ0) is 15.7. The predicted octanol–water partition coefficient (Wildman–Crippen LogP) is 1.20. The normalized spacial score (nSPS) is 31.3. The van der Waals surface area contributed by atoms with E-state index in [2.05, 4.69) is 19.2 Å². The van der Waals surface area contributed by atoms with E-state index in [9.17, 15) is 15.3 Å². The molecule has 126 valence electrons. The Balaban J connectivity index is 2.09. The van der Waals surface area contributed by atoms with Crippen molar-refractivity contribution in [3.63, 3.8) is 0 Å². The highest BCUT2D eigenvalue weighted by atomic mass is 16.5. The van der Waals surface area contributed by atoms with Crippen molar-refractivity contribution in [1.29, 1.82) is 0 Å². The lowest BCUT2D eigenvalue weighted by atomic mass is 9.95. The van der Waals surface area contributed by atoms with Gasteiger partial charge in [0.05, 0.1) is 12.7 Å². The minimum Gasteiger partial charge on any atom is -0.388 e. The maximum atomic E-state index is 9.89. The number of ether oxygens (including phenoxy) is 1. The minimum absolute atomic E-state index is 0.0903. The zero-order valence-corrected chi connectivity index (χ0v) is 13.5. The Morgan fingerprint density at radius 3 is 2.43 bits per heavy atom. The summed E-state index contributed by atoms with van der Waals surface area (Å²) < 4.78 is 5.42. The smallest absolute Gasteiger partial charge is 0.111 e. The summed E-state index contributed by atoms with van der Waals surface area (Å²) >= 11 is 0. The first-order chi connectivity index (χ1) is 10.1. The average Bonchev–Trinajstić information content (AvgIpc) is 2.47. The molecule has 2 unspecified atom stereocenters. The van der Waals surface area contributed by atoms with Crippen LogP contribution in [0.5, 0.6) is 0 Å². The fourth-order valence-electron chi connectivity index (χ4n) is 2.76. The van der Waals surface area contributed by atoms with Gasteiger partial charge in [-0.1, -0.05) is 39.0 Å². The van der Waals surface area contributed by atoms with E-state index in [1.54, 1.807) is 0 Å². The largest absolute Gasteiger partial charge is 0.388 e. The molecule has 1 fully saturated rings. The Kier molecular flexibility index (Phi) is 9.44. The number of nitrogens with one attached hydrogen (secondary N) is 1. The van der Waals surface area contributed by atoms with Crippen LogP contribution in [0.1, 0.15) is 58.8 Å². The van der Waals surface area contributed by atoms with Gasteiger partial charge in [-0.2, -0.15) is 0 Å². The highest BCUT2D eigenvalue weighted by Gasteiger charge is 2.37. The highest BCUT2D eigenvalue weighted by Crippen LogP contribution is 2.19. The predicted molar refractivity (Wildman–Crippen MR) is 83.2 cm³/mol. The summed E-state index contributed by atoms with van der Waals surface area (Å²) in [6.45, 7) is 5.35. The van der Waals surface area contributed by atoms with Gasteiger partial charge >= 0.3 is 0 Å². The van der Waals surface area contributed by atoms with Gasteiger partial charge in [-0.3, -0.25) is 0 Å². The average molecular weight is 303 g/mol. The topological polar surface area (TPSA) is 82.0 Å². The van der Waals surface area contributed by atoms with Gasteiger partial charge in [0, 0.05) is 6.04 Å². The van der Waals surface area contributed by atoms with Gasteiger partial charge in [0.25, 0.3) is 0 Å². The molecule has 1 saturated heterocycles. The first kappa shape index (κ1) is 18.8. The van der Waals surface area contributed by atoms with Crippen molar-refractivity contribution < 1.29 is 20.1 Å². The third kappa shape index (κ3) is 7.06. The van der Waals surface area contributed by atoms with E-state index in [0.29, 0.717) is 6.42 Å². The molecule has 21 heavy (non-hydrogen) atoms. The summed E-state index contributed by atoms with van der Waals surface area (Å²) in [6.07, 6.45) is 4.80. The lowest BCUT2D eigenvalue weighted by Gasteiger charge is -2.36. The summed E-state index contributed by atoms with van der Waals surface area (Å²) in [4.78, 5) is 0. The Hall–Kier alpha value is -0.200. The molecule has 0 bridgehead atoms. The maximum absolute atomic E-state index is 9.89. The van der Waals surface area contributed by atoms with Crippen molar-refractivity contribution in [2.75, 3.05) is 13.2 Å². The molecule has 5 heteroatoms. The Morgan fingerprint density at radius 2 is 1.71 bits per heavy atom. The number of unbranched alkanes of at least 4 members (excludes halogenated alkanes) is 5. The van der Waals surface area contributed by atoms with Gasteiger partial charge in [-0.25, -0.2) is 0 Å². The molecule has 5 atom stereocenters. The van der Waals surface area contributed by atoms with E-state index < -0.39 is 24.4 Å². The second-order valence-electron chi connectivity index (χ2n) is 6.28. The molecule has 0 radical (unpaired) electrons. The molecule has 0 saturated carbocycles. The molecular formula is C16H33NO4. The lowest BCUT2D eigenvalue weighted by Crippen LogP contribution is -2.54. The summed E-state index contributed by atoms with van der Waals surface area (Å²) in [7, 11) is 0. The molecule has 0 spiro atoms. The molecular weight excluding hydrogens is 270 g/mol. The van der Waals surface area contributed by atoms with E-state index in [1.807, 2.05) is 0 Å². The number of hydrogen-bond donors (Lipinski definition) is 4. The second-order valence-corrected chi connectivity index (χ2v) is 6.28. The molecule has 0 amide bonds.